The Morgan fingerprint density at radius 1 is 1.05 bits per heavy atom. The fourth-order valence-electron chi connectivity index (χ4n) is 4.25. The molecule has 0 aromatic heterocycles. The number of carbonyl (C=O) groups is 2. The molecule has 0 saturated carbocycles. The highest BCUT2D eigenvalue weighted by molar-refractivity contribution is 9.10. The Balaban J connectivity index is 1.56. The van der Waals surface area contributed by atoms with Gasteiger partial charge in [-0.25, -0.2) is 9.80 Å². The van der Waals surface area contributed by atoms with E-state index in [0.29, 0.717) is 23.3 Å². The smallest absolute Gasteiger partial charge is 0.341 e. The highest BCUT2D eigenvalue weighted by Gasteiger charge is 2.32. The van der Waals surface area contributed by atoms with Gasteiger partial charge in [0.2, 0.25) is 5.91 Å². The van der Waals surface area contributed by atoms with E-state index in [9.17, 15) is 9.59 Å². The third-order valence-corrected chi connectivity index (χ3v) is 6.73. The zero-order chi connectivity index (χ0) is 26.4. The zero-order valence-corrected chi connectivity index (χ0v) is 22.4. The van der Waals surface area contributed by atoms with Crippen molar-refractivity contribution in [3.63, 3.8) is 0 Å². The number of halogens is 1. The van der Waals surface area contributed by atoms with Crippen LogP contribution in [0.1, 0.15) is 41.6 Å². The Morgan fingerprint density at radius 3 is 2.54 bits per heavy atom. The van der Waals surface area contributed by atoms with E-state index in [1.807, 2.05) is 72.8 Å². The molecule has 7 nitrogen and oxygen atoms in total. The molecular weight excluding hydrogens is 536 g/mol. The number of amides is 1. The van der Waals surface area contributed by atoms with Crippen LogP contribution in [-0.4, -0.2) is 36.8 Å². The number of rotatable bonds is 8. The van der Waals surface area contributed by atoms with E-state index in [4.69, 9.17) is 14.2 Å². The number of hydrazone groups is 1. The third kappa shape index (κ3) is 5.91. The van der Waals surface area contributed by atoms with Gasteiger partial charge in [-0.15, -0.1) is 0 Å². The average molecular weight is 563 g/mol. The summed E-state index contributed by atoms with van der Waals surface area (Å²) in [5.41, 5.74) is 4.46. The number of nitrogens with zero attached hydrogens (tertiary/aromatic N) is 2. The summed E-state index contributed by atoms with van der Waals surface area (Å²) in [6.45, 7) is 1.75. The summed E-state index contributed by atoms with van der Waals surface area (Å²) in [6, 6.07) is 22.7. The number of esters is 1. The Labute approximate surface area is 224 Å². The van der Waals surface area contributed by atoms with Gasteiger partial charge in [0.1, 0.15) is 17.9 Å². The first-order valence-corrected chi connectivity index (χ1v) is 12.5. The monoisotopic (exact) mass is 562 g/mol. The fraction of sp³-hybridized carbons (Fsp3) is 0.207. The largest absolute Gasteiger partial charge is 0.503 e. The lowest BCUT2D eigenvalue weighted by atomic mass is 9.98. The lowest BCUT2D eigenvalue weighted by molar-refractivity contribution is -0.134. The van der Waals surface area contributed by atoms with Crippen LogP contribution in [0, 0.1) is 0 Å². The number of hydrogen-bond donors (Lipinski definition) is 0. The van der Waals surface area contributed by atoms with Crippen molar-refractivity contribution in [2.24, 2.45) is 5.10 Å². The SMILES string of the molecule is CO/C=C(/C(=O)OC)c1ccccc1COc1cccc(C2=NN(C(C)=O)C(c3ccccc3Br)C2)c1. The minimum Gasteiger partial charge on any atom is -0.503 e. The van der Waals surface area contributed by atoms with Crippen LogP contribution < -0.4 is 4.74 Å². The van der Waals surface area contributed by atoms with Crippen LogP contribution >= 0.6 is 15.9 Å². The molecule has 0 spiro atoms. The van der Waals surface area contributed by atoms with Gasteiger partial charge in [0.25, 0.3) is 0 Å². The molecule has 8 heteroatoms. The molecule has 3 aromatic carbocycles. The maximum Gasteiger partial charge on any atom is 0.341 e. The van der Waals surface area contributed by atoms with Gasteiger partial charge >= 0.3 is 5.97 Å². The van der Waals surface area contributed by atoms with Crippen LogP contribution in [0.15, 0.2) is 88.6 Å². The van der Waals surface area contributed by atoms with E-state index < -0.39 is 5.97 Å². The van der Waals surface area contributed by atoms with Crippen LogP contribution in [0.3, 0.4) is 0 Å². The summed E-state index contributed by atoms with van der Waals surface area (Å²) in [5.74, 6) is 0.0273. The van der Waals surface area contributed by atoms with E-state index >= 15 is 0 Å². The molecule has 37 heavy (non-hydrogen) atoms. The van der Waals surface area contributed by atoms with Gasteiger partial charge in [-0.3, -0.25) is 4.79 Å². The average Bonchev–Trinajstić information content (AvgIpc) is 3.37. The Morgan fingerprint density at radius 2 is 1.81 bits per heavy atom. The molecule has 3 aromatic rings. The summed E-state index contributed by atoms with van der Waals surface area (Å²) in [6.07, 6.45) is 1.95. The van der Waals surface area contributed by atoms with Gasteiger partial charge in [0.15, 0.2) is 0 Å². The highest BCUT2D eigenvalue weighted by atomic mass is 79.9. The number of methoxy groups -OCH3 is 2. The van der Waals surface area contributed by atoms with E-state index in [1.165, 1.54) is 32.4 Å². The first-order chi connectivity index (χ1) is 17.9. The van der Waals surface area contributed by atoms with Crippen molar-refractivity contribution < 1.29 is 23.8 Å². The molecule has 190 valence electrons. The van der Waals surface area contributed by atoms with Gasteiger partial charge in [-0.05, 0) is 34.9 Å². The maximum atomic E-state index is 12.4. The van der Waals surface area contributed by atoms with Gasteiger partial charge in [-0.1, -0.05) is 70.5 Å². The van der Waals surface area contributed by atoms with Crippen molar-refractivity contribution in [2.45, 2.75) is 26.0 Å². The molecule has 0 N–H and O–H groups in total. The number of ether oxygens (including phenoxy) is 3. The molecule has 1 aliphatic heterocycles. The molecule has 0 aliphatic carbocycles. The van der Waals surface area contributed by atoms with Crippen LogP contribution in [0.2, 0.25) is 0 Å². The van der Waals surface area contributed by atoms with E-state index in [0.717, 1.165) is 26.9 Å². The van der Waals surface area contributed by atoms with Crippen LogP contribution in [0.5, 0.6) is 5.75 Å². The summed E-state index contributed by atoms with van der Waals surface area (Å²) in [5, 5.41) is 6.19. The fourth-order valence-corrected chi connectivity index (χ4v) is 4.80. The Bertz CT molecular complexity index is 1370. The van der Waals surface area contributed by atoms with Crippen molar-refractivity contribution in [3.8, 4) is 5.75 Å². The first kappa shape index (κ1) is 26.2. The summed E-state index contributed by atoms with van der Waals surface area (Å²) in [4.78, 5) is 24.7. The van der Waals surface area contributed by atoms with Gasteiger partial charge in [0.05, 0.1) is 32.2 Å². The number of benzene rings is 3. The highest BCUT2D eigenvalue weighted by Crippen LogP contribution is 2.36. The third-order valence-electron chi connectivity index (χ3n) is 6.01. The lowest BCUT2D eigenvalue weighted by Gasteiger charge is -2.21. The molecule has 0 fully saturated rings. The predicted molar refractivity (Wildman–Crippen MR) is 145 cm³/mol. The standard InChI is InChI=1S/C29H27BrN2O5/c1-19(33)32-28(24-13-6-7-14-26(24)30)16-27(31-32)20-10-8-11-22(15-20)37-17-21-9-4-5-12-23(21)25(18-35-2)29(34)36-3/h4-15,18,28H,16-17H2,1-3H3/b25-18+. The van der Waals surface area contributed by atoms with E-state index in [-0.39, 0.29) is 18.6 Å². The van der Waals surface area contributed by atoms with Crippen LogP contribution in [0.25, 0.3) is 5.57 Å². The van der Waals surface area contributed by atoms with Crippen molar-refractivity contribution >= 4 is 39.1 Å². The van der Waals surface area contributed by atoms with E-state index in [1.54, 1.807) is 0 Å². The normalized spacial score (nSPS) is 15.2. The molecule has 1 atom stereocenters. The molecule has 1 amide bonds. The molecular formula is C29H27BrN2O5. The molecule has 0 radical (unpaired) electrons. The van der Waals surface area contributed by atoms with Gasteiger partial charge in [-0.2, -0.15) is 5.10 Å². The number of hydrogen-bond acceptors (Lipinski definition) is 6. The van der Waals surface area contributed by atoms with Crippen molar-refractivity contribution in [3.05, 3.63) is 106 Å². The topological polar surface area (TPSA) is 77.4 Å². The second-order valence-electron chi connectivity index (χ2n) is 8.38. The summed E-state index contributed by atoms with van der Waals surface area (Å²) < 4.78 is 17.1. The molecule has 4 rings (SSSR count). The van der Waals surface area contributed by atoms with Crippen LogP contribution in [-0.2, 0) is 25.7 Å². The second kappa shape index (κ2) is 11.9. The zero-order valence-electron chi connectivity index (χ0n) is 20.8. The molecule has 0 saturated heterocycles. The molecule has 1 unspecified atom stereocenters. The van der Waals surface area contributed by atoms with Gasteiger partial charge < -0.3 is 14.2 Å². The van der Waals surface area contributed by atoms with Crippen molar-refractivity contribution in [1.82, 2.24) is 5.01 Å². The number of carbonyl (C=O) groups excluding carboxylic acids is 2. The van der Waals surface area contributed by atoms with E-state index in [2.05, 4.69) is 21.0 Å². The minimum atomic E-state index is -0.495. The minimum absolute atomic E-state index is 0.120. The molecule has 1 aliphatic rings. The summed E-state index contributed by atoms with van der Waals surface area (Å²) >= 11 is 3.60. The Kier molecular flexibility index (Phi) is 8.40. The first-order valence-electron chi connectivity index (χ1n) is 11.7. The molecule has 0 bridgehead atoms. The van der Waals surface area contributed by atoms with Crippen LogP contribution in [0.4, 0.5) is 0 Å². The quantitative estimate of drug-likeness (QED) is 0.194. The molecule has 1 heterocycles. The van der Waals surface area contributed by atoms with Crippen molar-refractivity contribution in [1.29, 1.82) is 0 Å². The summed E-state index contributed by atoms with van der Waals surface area (Å²) in [7, 11) is 2.81. The lowest BCUT2D eigenvalue weighted by Crippen LogP contribution is -2.24. The predicted octanol–water partition coefficient (Wildman–Crippen LogP) is 5.89. The van der Waals surface area contributed by atoms with Gasteiger partial charge in [0, 0.05) is 23.4 Å². The second-order valence-corrected chi connectivity index (χ2v) is 9.24. The maximum absolute atomic E-state index is 12.4. The Hall–Kier alpha value is -3.91. The van der Waals surface area contributed by atoms with Crippen molar-refractivity contribution in [2.75, 3.05) is 14.2 Å².